The average Bonchev–Trinajstić information content (AvgIpc) is 2.55. The molecule has 0 radical (unpaired) electrons. The van der Waals surface area contributed by atoms with Crippen molar-refractivity contribution in [3.05, 3.63) is 34.9 Å². The zero-order valence-electron chi connectivity index (χ0n) is 8.24. The number of carbonyl (C=O) groups excluding carboxylic acids is 3. The second kappa shape index (κ2) is 3.99. The molecule has 0 unspecified atom stereocenters. The van der Waals surface area contributed by atoms with E-state index in [1.54, 1.807) is 18.2 Å². The highest BCUT2D eigenvalue weighted by molar-refractivity contribution is 6.21. The Labute approximate surface area is 91.6 Å². The van der Waals surface area contributed by atoms with E-state index in [0.29, 0.717) is 23.0 Å². The second-order valence-electron chi connectivity index (χ2n) is 3.22. The maximum Gasteiger partial charge on any atom is 0.258 e. The molecule has 4 nitrogen and oxygen atoms in total. The fourth-order valence-electron chi connectivity index (χ4n) is 1.44. The first-order valence-electron chi connectivity index (χ1n) is 4.64. The van der Waals surface area contributed by atoms with Gasteiger partial charge in [-0.15, -0.1) is 0 Å². The van der Waals surface area contributed by atoms with Gasteiger partial charge in [0.15, 0.2) is 0 Å². The normalized spacial score (nSPS) is 12.5. The number of aldehydes is 1. The molecule has 1 aliphatic rings. The molecule has 1 aromatic carbocycles. The molecule has 1 heterocycles. The summed E-state index contributed by atoms with van der Waals surface area (Å²) in [4.78, 5) is 32.6. The molecule has 0 spiro atoms. The molecule has 4 heteroatoms. The van der Waals surface area contributed by atoms with Crippen LogP contribution >= 0.6 is 0 Å². The molecule has 2 rings (SSSR count). The predicted molar refractivity (Wildman–Crippen MR) is 55.8 cm³/mol. The van der Waals surface area contributed by atoms with Gasteiger partial charge in [-0.1, -0.05) is 11.8 Å². The van der Waals surface area contributed by atoms with Crippen LogP contribution in [0.25, 0.3) is 0 Å². The second-order valence-corrected chi connectivity index (χ2v) is 3.22. The summed E-state index contributed by atoms with van der Waals surface area (Å²) < 4.78 is 0. The van der Waals surface area contributed by atoms with Crippen LogP contribution < -0.4 is 5.32 Å². The molecule has 0 fully saturated rings. The van der Waals surface area contributed by atoms with Gasteiger partial charge in [-0.3, -0.25) is 14.9 Å². The van der Waals surface area contributed by atoms with Gasteiger partial charge < -0.3 is 4.79 Å². The molecule has 16 heavy (non-hydrogen) atoms. The van der Waals surface area contributed by atoms with Gasteiger partial charge in [-0.2, -0.15) is 0 Å². The molecule has 2 amide bonds. The minimum Gasteiger partial charge on any atom is -0.302 e. The van der Waals surface area contributed by atoms with Crippen molar-refractivity contribution < 1.29 is 14.4 Å². The van der Waals surface area contributed by atoms with Crippen molar-refractivity contribution in [1.29, 1.82) is 0 Å². The van der Waals surface area contributed by atoms with Crippen molar-refractivity contribution in [2.45, 2.75) is 6.42 Å². The molecular formula is C12H7NO3. The number of hydrogen-bond acceptors (Lipinski definition) is 3. The van der Waals surface area contributed by atoms with Crippen LogP contribution in [0.4, 0.5) is 0 Å². The van der Waals surface area contributed by atoms with E-state index in [1.807, 2.05) is 0 Å². The van der Waals surface area contributed by atoms with E-state index in [1.165, 1.54) is 0 Å². The highest BCUT2D eigenvalue weighted by atomic mass is 16.2. The van der Waals surface area contributed by atoms with Gasteiger partial charge in [0.1, 0.15) is 6.29 Å². The lowest BCUT2D eigenvalue weighted by atomic mass is 10.1. The number of amides is 2. The summed E-state index contributed by atoms with van der Waals surface area (Å²) in [6, 6.07) is 4.75. The SMILES string of the molecule is O=CCC#Cc1ccc2c(c1)C(=O)NC2=O. The first-order valence-corrected chi connectivity index (χ1v) is 4.64. The Bertz CT molecular complexity index is 549. The highest BCUT2D eigenvalue weighted by Gasteiger charge is 2.26. The Morgan fingerprint density at radius 2 is 1.94 bits per heavy atom. The average molecular weight is 213 g/mol. The minimum atomic E-state index is -0.404. The molecule has 1 aliphatic heterocycles. The number of hydrogen-bond donors (Lipinski definition) is 1. The van der Waals surface area contributed by atoms with Crippen LogP contribution in [-0.2, 0) is 4.79 Å². The van der Waals surface area contributed by atoms with Crippen molar-refractivity contribution in [3.63, 3.8) is 0 Å². The van der Waals surface area contributed by atoms with Crippen LogP contribution in [0.3, 0.4) is 0 Å². The molecule has 0 saturated heterocycles. The number of imide groups is 1. The van der Waals surface area contributed by atoms with Crippen LogP contribution in [0.15, 0.2) is 18.2 Å². The standard InChI is InChI=1S/C12H7NO3/c14-6-2-1-3-8-4-5-9-10(7-8)12(16)13-11(9)15/h4-7H,2H2,(H,13,15,16). The number of rotatable bonds is 1. The van der Waals surface area contributed by atoms with Gasteiger partial charge in [0, 0.05) is 5.56 Å². The van der Waals surface area contributed by atoms with Gasteiger partial charge in [-0.25, -0.2) is 0 Å². The summed E-state index contributed by atoms with van der Waals surface area (Å²) in [7, 11) is 0. The predicted octanol–water partition coefficient (Wildman–Crippen LogP) is 0.511. The Kier molecular flexibility index (Phi) is 2.52. The third kappa shape index (κ3) is 1.71. The highest BCUT2D eigenvalue weighted by Crippen LogP contribution is 2.16. The molecule has 0 atom stereocenters. The maximum absolute atomic E-state index is 11.3. The zero-order chi connectivity index (χ0) is 11.5. The summed E-state index contributed by atoms with van der Waals surface area (Å²) >= 11 is 0. The van der Waals surface area contributed by atoms with Gasteiger partial charge in [0.05, 0.1) is 17.5 Å². The van der Waals surface area contributed by atoms with E-state index in [4.69, 9.17) is 0 Å². The lowest BCUT2D eigenvalue weighted by Gasteiger charge is -1.94. The quantitative estimate of drug-likeness (QED) is 0.420. The van der Waals surface area contributed by atoms with Crippen molar-refractivity contribution >= 4 is 18.1 Å². The number of benzene rings is 1. The van der Waals surface area contributed by atoms with Gasteiger partial charge in [0.2, 0.25) is 0 Å². The number of carbonyl (C=O) groups is 3. The summed E-state index contributed by atoms with van der Waals surface area (Å²) in [5.74, 6) is 4.59. The molecule has 1 aromatic rings. The number of nitrogens with one attached hydrogen (secondary N) is 1. The molecule has 0 aromatic heterocycles. The lowest BCUT2D eigenvalue weighted by Crippen LogP contribution is -2.19. The molecule has 0 aliphatic carbocycles. The van der Waals surface area contributed by atoms with E-state index in [2.05, 4.69) is 17.2 Å². The molecule has 0 saturated carbocycles. The lowest BCUT2D eigenvalue weighted by molar-refractivity contribution is -0.107. The van der Waals surface area contributed by atoms with Gasteiger partial charge in [0.25, 0.3) is 11.8 Å². The first-order chi connectivity index (χ1) is 7.72. The zero-order valence-corrected chi connectivity index (χ0v) is 8.24. The van der Waals surface area contributed by atoms with Crippen molar-refractivity contribution in [2.75, 3.05) is 0 Å². The largest absolute Gasteiger partial charge is 0.302 e. The Hall–Kier alpha value is -2.41. The van der Waals surface area contributed by atoms with Crippen molar-refractivity contribution in [2.24, 2.45) is 0 Å². The summed E-state index contributed by atoms with van der Waals surface area (Å²) in [6.45, 7) is 0. The molecular weight excluding hydrogens is 206 g/mol. The van der Waals surface area contributed by atoms with Crippen LogP contribution in [0.2, 0.25) is 0 Å². The first kappa shape index (κ1) is 10.1. The Morgan fingerprint density at radius 3 is 2.69 bits per heavy atom. The third-order valence-corrected chi connectivity index (χ3v) is 2.15. The topological polar surface area (TPSA) is 63.2 Å². The van der Waals surface area contributed by atoms with Gasteiger partial charge >= 0.3 is 0 Å². The van der Waals surface area contributed by atoms with Crippen LogP contribution in [0.5, 0.6) is 0 Å². The maximum atomic E-state index is 11.3. The van der Waals surface area contributed by atoms with Crippen LogP contribution in [0.1, 0.15) is 32.7 Å². The molecule has 0 bridgehead atoms. The smallest absolute Gasteiger partial charge is 0.258 e. The third-order valence-electron chi connectivity index (χ3n) is 2.15. The Balaban J connectivity index is 2.38. The van der Waals surface area contributed by atoms with E-state index < -0.39 is 5.91 Å². The Morgan fingerprint density at radius 1 is 1.19 bits per heavy atom. The van der Waals surface area contributed by atoms with E-state index in [-0.39, 0.29) is 12.3 Å². The van der Waals surface area contributed by atoms with E-state index >= 15 is 0 Å². The van der Waals surface area contributed by atoms with Crippen LogP contribution in [-0.4, -0.2) is 18.1 Å². The monoisotopic (exact) mass is 213 g/mol. The molecule has 1 N–H and O–H groups in total. The fourth-order valence-corrected chi connectivity index (χ4v) is 1.44. The number of fused-ring (bicyclic) bond motifs is 1. The van der Waals surface area contributed by atoms with Crippen molar-refractivity contribution in [1.82, 2.24) is 5.32 Å². The van der Waals surface area contributed by atoms with Gasteiger partial charge in [-0.05, 0) is 18.2 Å². The fraction of sp³-hybridized carbons (Fsp3) is 0.0833. The minimum absolute atomic E-state index is 0.155. The van der Waals surface area contributed by atoms with Crippen LogP contribution in [0, 0.1) is 11.8 Å². The molecule has 78 valence electrons. The summed E-state index contributed by atoms with van der Waals surface area (Å²) in [5, 5.41) is 2.19. The van der Waals surface area contributed by atoms with Crippen molar-refractivity contribution in [3.8, 4) is 11.8 Å². The summed E-state index contributed by atoms with van der Waals surface area (Å²) in [5.41, 5.74) is 1.32. The summed E-state index contributed by atoms with van der Waals surface area (Å²) in [6.07, 6.45) is 0.860. The van der Waals surface area contributed by atoms with E-state index in [9.17, 15) is 14.4 Å². The van der Waals surface area contributed by atoms with E-state index in [0.717, 1.165) is 0 Å².